The van der Waals surface area contributed by atoms with E-state index in [1.165, 1.54) is 43.3 Å². The topological polar surface area (TPSA) is 142 Å². The van der Waals surface area contributed by atoms with Gasteiger partial charge in [-0.05, 0) is 25.5 Å². The first kappa shape index (κ1) is 19.5. The number of nitro groups is 2. The Morgan fingerprint density at radius 3 is 2.37 bits per heavy atom. The van der Waals surface area contributed by atoms with Crippen molar-refractivity contribution in [2.75, 3.05) is 11.9 Å². The maximum atomic E-state index is 12.1. The number of carbonyl (C=O) groups excluding carboxylic acids is 2. The Labute approximate surface area is 153 Å². The molecule has 0 aliphatic heterocycles. The molecule has 0 saturated carbocycles. The van der Waals surface area contributed by atoms with E-state index in [0.29, 0.717) is 5.56 Å². The third-order valence-electron chi connectivity index (χ3n) is 3.68. The van der Waals surface area contributed by atoms with Gasteiger partial charge in [0.05, 0.1) is 15.5 Å². The number of amides is 1. The summed E-state index contributed by atoms with van der Waals surface area (Å²) in [7, 11) is 0. The van der Waals surface area contributed by atoms with E-state index in [4.69, 9.17) is 4.74 Å². The molecule has 0 spiro atoms. The van der Waals surface area contributed by atoms with Crippen LogP contribution in [0.15, 0.2) is 36.4 Å². The minimum atomic E-state index is -1.02. The Bertz CT molecular complexity index is 940. The number of aryl methyl sites for hydroxylation is 2. The van der Waals surface area contributed by atoms with Crippen molar-refractivity contribution in [3.05, 3.63) is 73.3 Å². The van der Waals surface area contributed by atoms with Crippen LogP contribution >= 0.6 is 0 Å². The van der Waals surface area contributed by atoms with Gasteiger partial charge in [-0.3, -0.25) is 25.0 Å². The molecular formula is C17H15N3O7. The SMILES string of the molecule is Cc1ccc([N+](=O)[O-])cc1NC(=O)COC(=O)c1cccc(C)c1[N+](=O)[O-]. The number of nitrogens with one attached hydrogen (secondary N) is 1. The zero-order valence-electron chi connectivity index (χ0n) is 14.4. The van der Waals surface area contributed by atoms with Crippen LogP contribution < -0.4 is 5.32 Å². The first-order chi connectivity index (χ1) is 12.7. The lowest BCUT2D eigenvalue weighted by molar-refractivity contribution is -0.385. The molecule has 1 N–H and O–H groups in total. The van der Waals surface area contributed by atoms with Crippen LogP contribution in [0.2, 0.25) is 0 Å². The number of hydrogen-bond acceptors (Lipinski definition) is 7. The molecule has 2 aromatic carbocycles. The fourth-order valence-corrected chi connectivity index (χ4v) is 2.32. The van der Waals surface area contributed by atoms with E-state index in [9.17, 15) is 29.8 Å². The quantitative estimate of drug-likeness (QED) is 0.466. The zero-order valence-corrected chi connectivity index (χ0v) is 14.4. The van der Waals surface area contributed by atoms with Gasteiger partial charge in [0.1, 0.15) is 5.56 Å². The van der Waals surface area contributed by atoms with E-state index < -0.39 is 34.0 Å². The van der Waals surface area contributed by atoms with Crippen molar-refractivity contribution in [1.29, 1.82) is 0 Å². The molecule has 0 aliphatic rings. The van der Waals surface area contributed by atoms with Crippen molar-refractivity contribution in [2.24, 2.45) is 0 Å². The first-order valence-corrected chi connectivity index (χ1v) is 7.66. The summed E-state index contributed by atoms with van der Waals surface area (Å²) in [6, 6.07) is 8.12. The van der Waals surface area contributed by atoms with Crippen molar-refractivity contribution in [3.63, 3.8) is 0 Å². The summed E-state index contributed by atoms with van der Waals surface area (Å²) in [6.07, 6.45) is 0. The summed E-state index contributed by atoms with van der Waals surface area (Å²) in [5, 5.41) is 24.3. The molecule has 0 atom stereocenters. The van der Waals surface area contributed by atoms with Gasteiger partial charge in [0.25, 0.3) is 17.3 Å². The lowest BCUT2D eigenvalue weighted by Gasteiger charge is -2.09. The molecule has 10 heteroatoms. The molecule has 0 aromatic heterocycles. The monoisotopic (exact) mass is 373 g/mol. The highest BCUT2D eigenvalue weighted by Gasteiger charge is 2.24. The number of nitro benzene ring substituents is 2. The van der Waals surface area contributed by atoms with Gasteiger partial charge in [0.2, 0.25) is 0 Å². The van der Waals surface area contributed by atoms with Gasteiger partial charge in [0.15, 0.2) is 6.61 Å². The van der Waals surface area contributed by atoms with Crippen LogP contribution in [0.25, 0.3) is 0 Å². The lowest BCUT2D eigenvalue weighted by atomic mass is 10.1. The van der Waals surface area contributed by atoms with Gasteiger partial charge in [-0.2, -0.15) is 0 Å². The number of benzene rings is 2. The van der Waals surface area contributed by atoms with Crippen molar-refractivity contribution >= 4 is 28.9 Å². The Morgan fingerprint density at radius 1 is 1.04 bits per heavy atom. The largest absolute Gasteiger partial charge is 0.452 e. The normalized spacial score (nSPS) is 10.1. The van der Waals surface area contributed by atoms with E-state index >= 15 is 0 Å². The number of rotatable bonds is 6. The van der Waals surface area contributed by atoms with E-state index in [1.807, 2.05) is 0 Å². The molecule has 1 amide bonds. The number of esters is 1. The van der Waals surface area contributed by atoms with Crippen LogP contribution in [-0.2, 0) is 9.53 Å². The number of para-hydroxylation sites is 1. The number of nitrogens with zero attached hydrogens (tertiary/aromatic N) is 2. The zero-order chi connectivity index (χ0) is 20.1. The van der Waals surface area contributed by atoms with Gasteiger partial charge in [0, 0.05) is 17.7 Å². The Balaban J connectivity index is 2.08. The van der Waals surface area contributed by atoms with E-state index in [2.05, 4.69) is 5.32 Å². The molecule has 0 heterocycles. The summed E-state index contributed by atoms with van der Waals surface area (Å²) in [5.41, 5.74) is 0.201. The molecule has 0 bridgehead atoms. The third kappa shape index (κ3) is 4.63. The second-order valence-electron chi connectivity index (χ2n) is 5.61. The number of hydrogen-bond donors (Lipinski definition) is 1. The summed E-state index contributed by atoms with van der Waals surface area (Å²) in [5.74, 6) is -1.75. The van der Waals surface area contributed by atoms with Crippen LogP contribution in [0.3, 0.4) is 0 Å². The number of non-ortho nitro benzene ring substituents is 1. The highest BCUT2D eigenvalue weighted by Crippen LogP contribution is 2.24. The standard InChI is InChI=1S/C17H15N3O7/c1-10-6-7-12(19(23)24)8-14(10)18-15(21)9-27-17(22)13-5-3-4-11(2)16(13)20(25)26/h3-8H,9H2,1-2H3,(H,18,21). The average molecular weight is 373 g/mol. The summed E-state index contributed by atoms with van der Waals surface area (Å²) in [6.45, 7) is 2.42. The number of carbonyl (C=O) groups is 2. The molecule has 140 valence electrons. The van der Waals surface area contributed by atoms with Gasteiger partial charge >= 0.3 is 5.97 Å². The Hall–Kier alpha value is -3.82. The minimum Gasteiger partial charge on any atom is -0.452 e. The molecule has 0 saturated heterocycles. The fraction of sp³-hybridized carbons (Fsp3) is 0.176. The Morgan fingerprint density at radius 2 is 1.74 bits per heavy atom. The predicted octanol–water partition coefficient (Wildman–Crippen LogP) is 2.92. The molecule has 0 unspecified atom stereocenters. The van der Waals surface area contributed by atoms with E-state index in [1.54, 1.807) is 6.92 Å². The molecule has 10 nitrogen and oxygen atoms in total. The van der Waals surface area contributed by atoms with E-state index in [0.717, 1.165) is 0 Å². The van der Waals surface area contributed by atoms with Crippen molar-refractivity contribution in [2.45, 2.75) is 13.8 Å². The second-order valence-corrected chi connectivity index (χ2v) is 5.61. The van der Waals surface area contributed by atoms with Crippen LogP contribution in [0, 0.1) is 34.1 Å². The van der Waals surface area contributed by atoms with Crippen LogP contribution in [0.4, 0.5) is 17.1 Å². The highest BCUT2D eigenvalue weighted by atomic mass is 16.6. The maximum absolute atomic E-state index is 12.1. The van der Waals surface area contributed by atoms with Crippen LogP contribution in [0.5, 0.6) is 0 Å². The van der Waals surface area contributed by atoms with Crippen LogP contribution in [-0.4, -0.2) is 28.3 Å². The van der Waals surface area contributed by atoms with Gasteiger partial charge in [-0.1, -0.05) is 18.2 Å². The molecule has 0 fully saturated rings. The number of anilines is 1. The second kappa shape index (κ2) is 8.04. The summed E-state index contributed by atoms with van der Waals surface area (Å²) in [4.78, 5) is 44.7. The highest BCUT2D eigenvalue weighted by molar-refractivity contribution is 5.98. The average Bonchev–Trinajstić information content (AvgIpc) is 2.60. The molecule has 2 aromatic rings. The third-order valence-corrected chi connectivity index (χ3v) is 3.68. The smallest absolute Gasteiger partial charge is 0.345 e. The van der Waals surface area contributed by atoms with Gasteiger partial charge in [-0.15, -0.1) is 0 Å². The molecule has 0 radical (unpaired) electrons. The van der Waals surface area contributed by atoms with Crippen molar-refractivity contribution in [3.8, 4) is 0 Å². The Kier molecular flexibility index (Phi) is 5.81. The predicted molar refractivity (Wildman–Crippen MR) is 94.6 cm³/mol. The minimum absolute atomic E-state index is 0.201. The summed E-state index contributed by atoms with van der Waals surface area (Å²) < 4.78 is 4.84. The van der Waals surface area contributed by atoms with E-state index in [-0.39, 0.29) is 22.5 Å². The van der Waals surface area contributed by atoms with Crippen molar-refractivity contribution in [1.82, 2.24) is 0 Å². The first-order valence-electron chi connectivity index (χ1n) is 7.66. The molecule has 27 heavy (non-hydrogen) atoms. The maximum Gasteiger partial charge on any atom is 0.345 e. The summed E-state index contributed by atoms with van der Waals surface area (Å²) >= 11 is 0. The fourth-order valence-electron chi connectivity index (χ4n) is 2.32. The van der Waals surface area contributed by atoms with Gasteiger partial charge < -0.3 is 10.1 Å². The van der Waals surface area contributed by atoms with Gasteiger partial charge in [-0.25, -0.2) is 4.79 Å². The molecule has 0 aliphatic carbocycles. The lowest BCUT2D eigenvalue weighted by Crippen LogP contribution is -2.22. The number of ether oxygens (including phenoxy) is 1. The van der Waals surface area contributed by atoms with Crippen LogP contribution in [0.1, 0.15) is 21.5 Å². The molecule has 2 rings (SSSR count). The molecular weight excluding hydrogens is 358 g/mol. The van der Waals surface area contributed by atoms with Crippen molar-refractivity contribution < 1.29 is 24.2 Å².